The smallest absolute Gasteiger partial charge is 0.228 e. The number of nitrogens with one attached hydrogen (secondary N) is 2. The molecule has 2 N–H and O–H groups in total. The number of hydrogen-bond acceptors (Lipinski definition) is 3. The fourth-order valence-corrected chi connectivity index (χ4v) is 3.65. The lowest BCUT2D eigenvalue weighted by atomic mass is 9.91. The van der Waals surface area contributed by atoms with Crippen LogP contribution in [0, 0.1) is 11.3 Å². The quantitative estimate of drug-likeness (QED) is 0.889. The van der Waals surface area contributed by atoms with Gasteiger partial charge in [-0.1, -0.05) is 12.1 Å². The molecular formula is C17H19N3O. The third kappa shape index (κ3) is 2.20. The summed E-state index contributed by atoms with van der Waals surface area (Å²) < 4.78 is 0. The van der Waals surface area contributed by atoms with Crippen LogP contribution in [0.5, 0.6) is 0 Å². The van der Waals surface area contributed by atoms with E-state index < -0.39 is 0 Å². The molecule has 2 aromatic rings. The Labute approximate surface area is 124 Å². The summed E-state index contributed by atoms with van der Waals surface area (Å²) in [6.07, 6.45) is 6.90. The van der Waals surface area contributed by atoms with Crippen molar-refractivity contribution in [3.63, 3.8) is 0 Å². The molecule has 1 aliphatic carbocycles. The van der Waals surface area contributed by atoms with Gasteiger partial charge in [0.1, 0.15) is 0 Å². The molecule has 1 atom stereocenters. The first-order valence-electron chi connectivity index (χ1n) is 7.63. The zero-order valence-electron chi connectivity index (χ0n) is 11.9. The van der Waals surface area contributed by atoms with Crippen LogP contribution in [0.2, 0.25) is 0 Å². The highest BCUT2D eigenvalue weighted by Gasteiger charge is 2.57. The number of carbonyl (C=O) groups is 1. The van der Waals surface area contributed by atoms with Gasteiger partial charge in [0.25, 0.3) is 0 Å². The Morgan fingerprint density at radius 3 is 3.00 bits per heavy atom. The fraction of sp³-hybridized carbons (Fsp3) is 0.412. The van der Waals surface area contributed by atoms with Crippen molar-refractivity contribution in [3.8, 4) is 0 Å². The van der Waals surface area contributed by atoms with Crippen LogP contribution >= 0.6 is 0 Å². The Hall–Kier alpha value is -1.94. The lowest BCUT2D eigenvalue weighted by Gasteiger charge is -2.23. The molecule has 0 radical (unpaired) electrons. The summed E-state index contributed by atoms with van der Waals surface area (Å²) >= 11 is 0. The summed E-state index contributed by atoms with van der Waals surface area (Å²) in [5, 5.41) is 8.62. The first-order valence-corrected chi connectivity index (χ1v) is 7.63. The second-order valence-electron chi connectivity index (χ2n) is 6.26. The molecule has 1 aromatic heterocycles. The van der Waals surface area contributed by atoms with Crippen molar-refractivity contribution in [1.82, 2.24) is 10.3 Å². The molecule has 1 saturated heterocycles. The van der Waals surface area contributed by atoms with Crippen molar-refractivity contribution in [2.45, 2.75) is 19.3 Å². The van der Waals surface area contributed by atoms with Crippen LogP contribution in [0.15, 0.2) is 36.7 Å². The van der Waals surface area contributed by atoms with E-state index in [0.717, 1.165) is 48.8 Å². The molecule has 4 heteroatoms. The molecule has 21 heavy (non-hydrogen) atoms. The van der Waals surface area contributed by atoms with Crippen LogP contribution in [-0.2, 0) is 4.79 Å². The first-order chi connectivity index (χ1) is 10.3. The Morgan fingerprint density at radius 2 is 2.14 bits per heavy atom. The van der Waals surface area contributed by atoms with Crippen LogP contribution in [0.25, 0.3) is 10.8 Å². The number of aromatic nitrogens is 1. The summed E-state index contributed by atoms with van der Waals surface area (Å²) in [5.74, 6) is 0.373. The summed E-state index contributed by atoms with van der Waals surface area (Å²) in [5.41, 5.74) is 1.18. The monoisotopic (exact) mass is 281 g/mol. The molecule has 1 unspecified atom stereocenters. The number of rotatable bonds is 2. The number of anilines is 1. The first kappa shape index (κ1) is 12.8. The third-order valence-corrected chi connectivity index (χ3v) is 5.04. The second kappa shape index (κ2) is 4.81. The number of hydrogen-bond donors (Lipinski definition) is 2. The minimum Gasteiger partial charge on any atom is -0.325 e. The average molecular weight is 281 g/mol. The van der Waals surface area contributed by atoms with Gasteiger partial charge in [0.05, 0.1) is 0 Å². The van der Waals surface area contributed by atoms with Crippen molar-refractivity contribution in [2.24, 2.45) is 11.3 Å². The molecular weight excluding hydrogens is 262 g/mol. The van der Waals surface area contributed by atoms with E-state index in [0.29, 0.717) is 0 Å². The number of nitrogens with zero attached hydrogens (tertiary/aromatic N) is 1. The zero-order valence-corrected chi connectivity index (χ0v) is 11.9. The van der Waals surface area contributed by atoms with E-state index in [1.165, 1.54) is 0 Å². The largest absolute Gasteiger partial charge is 0.325 e. The van der Waals surface area contributed by atoms with Gasteiger partial charge in [0.2, 0.25) is 5.91 Å². The van der Waals surface area contributed by atoms with Gasteiger partial charge in [0.15, 0.2) is 0 Å². The van der Waals surface area contributed by atoms with Crippen molar-refractivity contribution < 1.29 is 4.79 Å². The van der Waals surface area contributed by atoms with Gasteiger partial charge in [-0.3, -0.25) is 9.78 Å². The minimum atomic E-state index is 0.182. The van der Waals surface area contributed by atoms with Gasteiger partial charge in [-0.25, -0.2) is 0 Å². The van der Waals surface area contributed by atoms with Crippen molar-refractivity contribution >= 4 is 22.4 Å². The van der Waals surface area contributed by atoms with Gasteiger partial charge in [-0.2, -0.15) is 0 Å². The third-order valence-electron chi connectivity index (χ3n) is 5.04. The van der Waals surface area contributed by atoms with Crippen molar-refractivity contribution in [2.75, 3.05) is 18.4 Å². The summed E-state index contributed by atoms with van der Waals surface area (Å²) in [4.78, 5) is 16.7. The maximum atomic E-state index is 12.5. The van der Waals surface area contributed by atoms with Crippen molar-refractivity contribution in [3.05, 3.63) is 36.7 Å². The molecule has 0 bridgehead atoms. The zero-order chi connectivity index (χ0) is 14.3. The second-order valence-corrected chi connectivity index (χ2v) is 6.26. The van der Waals surface area contributed by atoms with E-state index in [4.69, 9.17) is 0 Å². The SMILES string of the molecule is O=C(Nc1cccc2cnccc12)C1CC12CCNCC2. The maximum absolute atomic E-state index is 12.5. The van der Waals surface area contributed by atoms with Crippen LogP contribution in [0.3, 0.4) is 0 Å². The molecule has 2 fully saturated rings. The molecule has 1 aliphatic heterocycles. The number of benzene rings is 1. The van der Waals surface area contributed by atoms with Crippen LogP contribution in [-0.4, -0.2) is 24.0 Å². The highest BCUT2D eigenvalue weighted by atomic mass is 16.2. The van der Waals surface area contributed by atoms with Crippen LogP contribution in [0.1, 0.15) is 19.3 Å². The number of carbonyl (C=O) groups excluding carboxylic acids is 1. The Kier molecular flexibility index (Phi) is 2.93. The topological polar surface area (TPSA) is 54.0 Å². The fourth-order valence-electron chi connectivity index (χ4n) is 3.65. The van der Waals surface area contributed by atoms with Crippen LogP contribution < -0.4 is 10.6 Å². The number of piperidine rings is 1. The normalized spacial score (nSPS) is 23.1. The van der Waals surface area contributed by atoms with E-state index in [1.54, 1.807) is 6.20 Å². The number of fused-ring (bicyclic) bond motifs is 1. The lowest BCUT2D eigenvalue weighted by Crippen LogP contribution is -2.31. The predicted octanol–water partition coefficient (Wildman–Crippen LogP) is 2.56. The molecule has 1 spiro atoms. The predicted molar refractivity (Wildman–Crippen MR) is 83.0 cm³/mol. The molecule has 4 rings (SSSR count). The summed E-state index contributed by atoms with van der Waals surface area (Å²) in [7, 11) is 0. The van der Waals surface area contributed by atoms with E-state index >= 15 is 0 Å². The molecule has 108 valence electrons. The van der Waals surface area contributed by atoms with E-state index in [2.05, 4.69) is 15.6 Å². The lowest BCUT2D eigenvalue weighted by molar-refractivity contribution is -0.118. The summed E-state index contributed by atoms with van der Waals surface area (Å²) in [6.45, 7) is 2.09. The van der Waals surface area contributed by atoms with E-state index in [9.17, 15) is 4.79 Å². The highest BCUT2D eigenvalue weighted by Crippen LogP contribution is 2.58. The summed E-state index contributed by atoms with van der Waals surface area (Å²) in [6, 6.07) is 7.91. The van der Waals surface area contributed by atoms with Gasteiger partial charge >= 0.3 is 0 Å². The van der Waals surface area contributed by atoms with Gasteiger partial charge < -0.3 is 10.6 Å². The number of pyridine rings is 1. The number of amides is 1. The molecule has 4 nitrogen and oxygen atoms in total. The van der Waals surface area contributed by atoms with Gasteiger partial charge in [0, 0.05) is 34.8 Å². The molecule has 1 saturated carbocycles. The molecule has 1 aromatic carbocycles. The van der Waals surface area contributed by atoms with Gasteiger partial charge in [-0.15, -0.1) is 0 Å². The molecule has 2 heterocycles. The highest BCUT2D eigenvalue weighted by molar-refractivity contribution is 6.03. The van der Waals surface area contributed by atoms with Gasteiger partial charge in [-0.05, 0) is 49.9 Å². The van der Waals surface area contributed by atoms with E-state index in [-0.39, 0.29) is 17.2 Å². The van der Waals surface area contributed by atoms with Crippen molar-refractivity contribution in [1.29, 1.82) is 0 Å². The Balaban J connectivity index is 1.54. The standard InChI is InChI=1S/C17H19N3O/c21-16(14-10-17(14)5-8-18-9-6-17)20-15-3-1-2-12-11-19-7-4-13(12)15/h1-4,7,11,14,18H,5-6,8-10H2,(H,20,21). The van der Waals surface area contributed by atoms with Crippen LogP contribution in [0.4, 0.5) is 5.69 Å². The molecule has 2 aliphatic rings. The molecule has 1 amide bonds. The maximum Gasteiger partial charge on any atom is 0.228 e. The minimum absolute atomic E-state index is 0.182. The Morgan fingerprint density at radius 1 is 1.29 bits per heavy atom. The average Bonchev–Trinajstić information content (AvgIpc) is 3.22. The Bertz CT molecular complexity index is 686. The van der Waals surface area contributed by atoms with E-state index in [1.807, 2.05) is 30.5 Å².